The van der Waals surface area contributed by atoms with E-state index in [1.807, 2.05) is 30.3 Å². The van der Waals surface area contributed by atoms with Crippen molar-refractivity contribution in [1.82, 2.24) is 9.97 Å². The Morgan fingerprint density at radius 2 is 2.17 bits per heavy atom. The van der Waals surface area contributed by atoms with Crippen LogP contribution in [0.5, 0.6) is 5.75 Å². The van der Waals surface area contributed by atoms with Crippen molar-refractivity contribution >= 4 is 34.3 Å². The van der Waals surface area contributed by atoms with Gasteiger partial charge in [-0.05, 0) is 36.8 Å². The van der Waals surface area contributed by atoms with Crippen molar-refractivity contribution in [2.45, 2.75) is 18.6 Å². The zero-order chi connectivity index (χ0) is 19.8. The number of nitrogens with one attached hydrogen (secondary N) is 2. The van der Waals surface area contributed by atoms with Crippen molar-refractivity contribution in [3.63, 3.8) is 0 Å². The first kappa shape index (κ1) is 17.7. The van der Waals surface area contributed by atoms with E-state index in [9.17, 15) is 4.79 Å². The number of anilines is 3. The lowest BCUT2D eigenvalue weighted by molar-refractivity contribution is 0.0989. The van der Waals surface area contributed by atoms with Gasteiger partial charge >= 0.3 is 6.03 Å². The number of pyridine rings is 2. The number of aromatic nitrogens is 2. The van der Waals surface area contributed by atoms with Crippen LogP contribution in [0.2, 0.25) is 0 Å². The average molecular weight is 391 g/mol. The van der Waals surface area contributed by atoms with E-state index < -0.39 is 0 Å². The minimum Gasteiger partial charge on any atom is -0.497 e. The van der Waals surface area contributed by atoms with Crippen molar-refractivity contribution in [3.8, 4) is 5.75 Å². The monoisotopic (exact) mass is 391 g/mol. The second-order valence-electron chi connectivity index (χ2n) is 7.20. The molecule has 2 saturated heterocycles. The highest BCUT2D eigenvalue weighted by molar-refractivity contribution is 6.05. The number of hydrogen-bond donors (Lipinski definition) is 2. The summed E-state index contributed by atoms with van der Waals surface area (Å²) in [5, 5.41) is 6.54. The lowest BCUT2D eigenvalue weighted by atomic mass is 10.2. The summed E-state index contributed by atoms with van der Waals surface area (Å²) in [5.74, 6) is 2.08. The first-order chi connectivity index (χ1) is 14.2. The molecule has 0 spiro atoms. The van der Waals surface area contributed by atoms with Gasteiger partial charge in [-0.25, -0.2) is 9.78 Å². The second kappa shape index (κ2) is 7.21. The number of hydrogen-bond acceptors (Lipinski definition) is 6. The van der Waals surface area contributed by atoms with Crippen LogP contribution in [0.4, 0.5) is 22.1 Å². The molecule has 2 bridgehead atoms. The fraction of sp³-hybridized carbons (Fsp3) is 0.286. The third-order valence-corrected chi connectivity index (χ3v) is 5.37. The SMILES string of the molecule is COc1ccc2c(NC(=O)Nc3cccc(N4CC5CC4CO5)n3)ccnc2c1. The molecule has 0 radical (unpaired) electrons. The smallest absolute Gasteiger partial charge is 0.324 e. The Hall–Kier alpha value is -3.39. The summed E-state index contributed by atoms with van der Waals surface area (Å²) in [4.78, 5) is 23.8. The molecule has 5 rings (SSSR count). The highest BCUT2D eigenvalue weighted by atomic mass is 16.5. The zero-order valence-electron chi connectivity index (χ0n) is 16.0. The topological polar surface area (TPSA) is 88.6 Å². The first-order valence-electron chi connectivity index (χ1n) is 9.55. The van der Waals surface area contributed by atoms with E-state index >= 15 is 0 Å². The number of amides is 2. The summed E-state index contributed by atoms with van der Waals surface area (Å²) < 4.78 is 10.9. The number of ether oxygens (including phenoxy) is 2. The number of fused-ring (bicyclic) bond motifs is 3. The molecule has 8 nitrogen and oxygen atoms in total. The van der Waals surface area contributed by atoms with Crippen LogP contribution in [-0.2, 0) is 4.74 Å². The summed E-state index contributed by atoms with van der Waals surface area (Å²) >= 11 is 0. The Balaban J connectivity index is 1.31. The van der Waals surface area contributed by atoms with Crippen LogP contribution in [0.1, 0.15) is 6.42 Å². The van der Waals surface area contributed by atoms with Crippen molar-refractivity contribution in [1.29, 1.82) is 0 Å². The van der Waals surface area contributed by atoms with E-state index in [0.29, 0.717) is 29.4 Å². The van der Waals surface area contributed by atoms with Gasteiger partial charge in [-0.3, -0.25) is 10.3 Å². The molecule has 2 aliphatic heterocycles. The molecule has 1 aromatic carbocycles. The third kappa shape index (κ3) is 3.42. The van der Waals surface area contributed by atoms with Gasteiger partial charge in [0.25, 0.3) is 0 Å². The molecule has 0 aliphatic carbocycles. The van der Waals surface area contributed by atoms with E-state index in [1.165, 1.54) is 0 Å². The Morgan fingerprint density at radius 1 is 1.24 bits per heavy atom. The third-order valence-electron chi connectivity index (χ3n) is 5.37. The number of carbonyl (C=O) groups excluding carboxylic acids is 1. The Morgan fingerprint density at radius 3 is 2.97 bits per heavy atom. The molecule has 2 unspecified atom stereocenters. The summed E-state index contributed by atoms with van der Waals surface area (Å²) in [6.07, 6.45) is 2.99. The van der Waals surface area contributed by atoms with Gasteiger partial charge in [-0.2, -0.15) is 0 Å². The number of nitrogens with zero attached hydrogens (tertiary/aromatic N) is 3. The fourth-order valence-electron chi connectivity index (χ4n) is 3.97. The molecule has 2 aliphatic rings. The maximum atomic E-state index is 12.6. The first-order valence-corrected chi connectivity index (χ1v) is 9.55. The Kier molecular flexibility index (Phi) is 4.40. The molecule has 2 fully saturated rings. The molecule has 2 aromatic heterocycles. The standard InChI is InChI=1S/C21H21N5O3/c1-28-14-5-6-16-17(7-8-22-18(16)10-14)23-21(27)25-19-3-2-4-20(24-19)26-11-15-9-13(26)12-29-15/h2-8,10,13,15H,9,11-12H2,1H3,(H2,22,23,24,25,27). The second-order valence-corrected chi connectivity index (χ2v) is 7.20. The highest BCUT2D eigenvalue weighted by Crippen LogP contribution is 2.32. The normalized spacial score (nSPS) is 20.1. The van der Waals surface area contributed by atoms with Gasteiger partial charge in [0.15, 0.2) is 0 Å². The molecular formula is C21H21N5O3. The molecule has 2 N–H and O–H groups in total. The van der Waals surface area contributed by atoms with Crippen LogP contribution < -0.4 is 20.3 Å². The predicted molar refractivity (Wildman–Crippen MR) is 111 cm³/mol. The van der Waals surface area contributed by atoms with E-state index in [-0.39, 0.29) is 6.03 Å². The summed E-state index contributed by atoms with van der Waals surface area (Å²) in [6, 6.07) is 13.0. The van der Waals surface area contributed by atoms with Gasteiger partial charge in [-0.1, -0.05) is 6.07 Å². The molecule has 29 heavy (non-hydrogen) atoms. The van der Waals surface area contributed by atoms with E-state index in [2.05, 4.69) is 25.5 Å². The van der Waals surface area contributed by atoms with E-state index in [1.54, 1.807) is 25.4 Å². The molecule has 2 amide bonds. The van der Waals surface area contributed by atoms with Crippen LogP contribution in [0.25, 0.3) is 10.9 Å². The maximum absolute atomic E-state index is 12.6. The van der Waals surface area contributed by atoms with Crippen LogP contribution in [-0.4, -0.2) is 48.4 Å². The van der Waals surface area contributed by atoms with Crippen LogP contribution in [0.3, 0.4) is 0 Å². The number of morpholine rings is 1. The molecule has 148 valence electrons. The van der Waals surface area contributed by atoms with Crippen molar-refractivity contribution < 1.29 is 14.3 Å². The molecule has 4 heterocycles. The fourth-order valence-corrected chi connectivity index (χ4v) is 3.97. The summed E-state index contributed by atoms with van der Waals surface area (Å²) in [6.45, 7) is 1.59. The summed E-state index contributed by atoms with van der Waals surface area (Å²) in [5.41, 5.74) is 1.41. The number of carbonyl (C=O) groups is 1. The highest BCUT2D eigenvalue weighted by Gasteiger charge is 2.39. The minimum atomic E-state index is -0.357. The van der Waals surface area contributed by atoms with Gasteiger partial charge in [0.2, 0.25) is 0 Å². The lowest BCUT2D eigenvalue weighted by Crippen LogP contribution is -2.37. The average Bonchev–Trinajstić information content (AvgIpc) is 3.37. The van der Waals surface area contributed by atoms with Gasteiger partial charge in [-0.15, -0.1) is 0 Å². The molecule has 3 aromatic rings. The number of methoxy groups -OCH3 is 1. The van der Waals surface area contributed by atoms with Crippen molar-refractivity contribution in [2.24, 2.45) is 0 Å². The van der Waals surface area contributed by atoms with Crippen LogP contribution >= 0.6 is 0 Å². The van der Waals surface area contributed by atoms with Crippen molar-refractivity contribution in [2.75, 3.05) is 35.8 Å². The number of benzene rings is 1. The Labute approximate surface area is 167 Å². The zero-order valence-corrected chi connectivity index (χ0v) is 16.0. The molecule has 8 heteroatoms. The van der Waals surface area contributed by atoms with Gasteiger partial charge in [0.05, 0.1) is 37.1 Å². The largest absolute Gasteiger partial charge is 0.497 e. The van der Waals surface area contributed by atoms with Crippen LogP contribution in [0, 0.1) is 0 Å². The maximum Gasteiger partial charge on any atom is 0.324 e. The molecular weight excluding hydrogens is 370 g/mol. The van der Waals surface area contributed by atoms with E-state index in [4.69, 9.17) is 9.47 Å². The molecule has 0 saturated carbocycles. The number of rotatable bonds is 4. The lowest BCUT2D eigenvalue weighted by Gasteiger charge is -2.28. The van der Waals surface area contributed by atoms with Crippen molar-refractivity contribution in [3.05, 3.63) is 48.7 Å². The predicted octanol–water partition coefficient (Wildman–Crippen LogP) is 3.26. The van der Waals surface area contributed by atoms with Gasteiger partial charge in [0, 0.05) is 24.2 Å². The van der Waals surface area contributed by atoms with Gasteiger partial charge < -0.3 is 19.7 Å². The van der Waals surface area contributed by atoms with Crippen LogP contribution in [0.15, 0.2) is 48.7 Å². The van der Waals surface area contributed by atoms with Gasteiger partial charge in [0.1, 0.15) is 17.4 Å². The number of urea groups is 1. The minimum absolute atomic E-state index is 0.292. The van der Waals surface area contributed by atoms with E-state index in [0.717, 1.165) is 36.3 Å². The molecule has 2 atom stereocenters. The summed E-state index contributed by atoms with van der Waals surface area (Å²) in [7, 11) is 1.61. The Bertz CT molecular complexity index is 1070. The quantitative estimate of drug-likeness (QED) is 0.710.